The van der Waals surface area contributed by atoms with E-state index in [1.54, 1.807) is 25.2 Å². The van der Waals surface area contributed by atoms with Gasteiger partial charge >= 0.3 is 11.9 Å². The highest BCUT2D eigenvalue weighted by atomic mass is 35.5. The first-order valence-electron chi connectivity index (χ1n) is 14.1. The van der Waals surface area contributed by atoms with Crippen molar-refractivity contribution in [3.8, 4) is 0 Å². The van der Waals surface area contributed by atoms with E-state index in [2.05, 4.69) is 70.5 Å². The number of carbonyl (C=O) groups is 2. The molecule has 1 unspecified atom stereocenters. The van der Waals surface area contributed by atoms with Crippen LogP contribution in [0.25, 0.3) is 0 Å². The van der Waals surface area contributed by atoms with E-state index in [0.29, 0.717) is 29.0 Å². The number of halogens is 2. The Kier molecular flexibility index (Phi) is 8.14. The fourth-order valence-electron chi connectivity index (χ4n) is 6.08. The zero-order chi connectivity index (χ0) is 29.4. The Balaban J connectivity index is 1.26. The molecule has 0 saturated carbocycles. The maximum atomic E-state index is 13.4. The van der Waals surface area contributed by atoms with Crippen molar-refractivity contribution in [1.29, 1.82) is 0 Å². The molecule has 0 aromatic heterocycles. The molecular formula is C32H33Cl2N6O2+. The van der Waals surface area contributed by atoms with Crippen LogP contribution in [-0.2, 0) is 11.3 Å². The van der Waals surface area contributed by atoms with Gasteiger partial charge in [-0.15, -0.1) is 0 Å². The molecule has 10 heteroatoms. The molecule has 3 heterocycles. The fraction of sp³-hybridized carbons (Fsp3) is 0.312. The molecule has 6 rings (SSSR count). The third-order valence-electron chi connectivity index (χ3n) is 8.37. The first-order chi connectivity index (χ1) is 20.3. The lowest BCUT2D eigenvalue weighted by Gasteiger charge is -2.39. The first-order valence-corrected chi connectivity index (χ1v) is 14.8. The van der Waals surface area contributed by atoms with Gasteiger partial charge in [-0.2, -0.15) is 0 Å². The summed E-state index contributed by atoms with van der Waals surface area (Å²) in [4.78, 5) is 38.5. The minimum Gasteiger partial charge on any atom is -0.290 e. The monoisotopic (exact) mass is 603 g/mol. The Labute approximate surface area is 256 Å². The molecule has 3 aromatic rings. The summed E-state index contributed by atoms with van der Waals surface area (Å²) in [6.45, 7) is 4.25. The second kappa shape index (κ2) is 12.0. The average molecular weight is 605 g/mol. The smallest absolute Gasteiger partial charge is 0.290 e. The van der Waals surface area contributed by atoms with Crippen molar-refractivity contribution in [1.82, 2.24) is 19.6 Å². The van der Waals surface area contributed by atoms with Crippen molar-refractivity contribution >= 4 is 46.8 Å². The molecule has 8 nitrogen and oxygen atoms in total. The highest BCUT2D eigenvalue weighted by molar-refractivity contribution is 6.36. The average Bonchev–Trinajstić information content (AvgIpc) is 3.36. The lowest BCUT2D eigenvalue weighted by atomic mass is 9.96. The van der Waals surface area contributed by atoms with E-state index in [1.165, 1.54) is 23.1 Å². The predicted molar refractivity (Wildman–Crippen MR) is 165 cm³/mol. The number of nitrogens with zero attached hydrogens (tertiary/aromatic N) is 6. The number of amides is 3. The molecule has 42 heavy (non-hydrogen) atoms. The van der Waals surface area contributed by atoms with Gasteiger partial charge < -0.3 is 0 Å². The molecule has 3 aliphatic heterocycles. The highest BCUT2D eigenvalue weighted by Gasteiger charge is 2.53. The van der Waals surface area contributed by atoms with Gasteiger partial charge in [-0.1, -0.05) is 89.9 Å². The molecule has 3 aliphatic rings. The van der Waals surface area contributed by atoms with Gasteiger partial charge in [0.25, 0.3) is 17.8 Å². The molecule has 2 saturated heterocycles. The van der Waals surface area contributed by atoms with E-state index in [9.17, 15) is 9.59 Å². The summed E-state index contributed by atoms with van der Waals surface area (Å²) in [5, 5.41) is 1.05. The number of urea groups is 1. The lowest BCUT2D eigenvalue weighted by molar-refractivity contribution is -0.552. The molecule has 216 valence electrons. The van der Waals surface area contributed by atoms with Crippen LogP contribution in [0.3, 0.4) is 0 Å². The third kappa shape index (κ3) is 5.36. The maximum Gasteiger partial charge on any atom is 0.333 e. The maximum absolute atomic E-state index is 13.4. The number of benzene rings is 3. The zero-order valence-corrected chi connectivity index (χ0v) is 25.2. The molecule has 0 N–H and O–H groups in total. The van der Waals surface area contributed by atoms with E-state index in [1.807, 2.05) is 4.58 Å². The second-order valence-corrected chi connectivity index (χ2v) is 11.7. The van der Waals surface area contributed by atoms with E-state index < -0.39 is 12.1 Å². The number of likely N-dealkylation sites (N-methyl/N-ethyl adjacent to an activating group) is 2. The van der Waals surface area contributed by atoms with Crippen LogP contribution < -0.4 is 0 Å². The van der Waals surface area contributed by atoms with Crippen LogP contribution in [0.2, 0.25) is 10.0 Å². The van der Waals surface area contributed by atoms with E-state index >= 15 is 0 Å². The number of aliphatic imine (C=N–C) groups is 1. The van der Waals surface area contributed by atoms with Gasteiger partial charge in [-0.25, -0.2) is 9.37 Å². The van der Waals surface area contributed by atoms with Gasteiger partial charge in [-0.05, 0) is 28.3 Å². The third-order valence-corrected chi connectivity index (χ3v) is 9.08. The molecular weight excluding hydrogens is 571 g/mol. The summed E-state index contributed by atoms with van der Waals surface area (Å²) in [7, 11) is 3.17. The fourth-order valence-corrected chi connectivity index (χ4v) is 6.59. The van der Waals surface area contributed by atoms with Gasteiger partial charge in [0, 0.05) is 55.9 Å². The lowest BCUT2D eigenvalue weighted by Crippen LogP contribution is -2.61. The summed E-state index contributed by atoms with van der Waals surface area (Å²) in [6, 6.07) is 25.7. The van der Waals surface area contributed by atoms with Gasteiger partial charge in [-0.3, -0.25) is 24.4 Å². The minimum absolute atomic E-state index is 0.170. The number of fused-ring (bicyclic) bond motifs is 1. The standard InChI is InChI=1S/C32H33Cl2N6O2/c1-36-30-29(31(41)37(2)32(36)42)40(20-24-25(33)14-9-15-26(24)34)27(35-30)21-38-16-18-39(19-17-38)28(22-10-5-3-6-11-22)23-12-7-4-8-13-23/h3-15,28-29H,16-21H2,1-2H3/q+1. The Morgan fingerprint density at radius 3 is 1.95 bits per heavy atom. The summed E-state index contributed by atoms with van der Waals surface area (Å²) in [5.74, 6) is 0.854. The van der Waals surface area contributed by atoms with Crippen LogP contribution in [-0.4, -0.2) is 101 Å². The molecule has 0 aliphatic carbocycles. The number of hydrogen-bond acceptors (Lipinski definition) is 5. The van der Waals surface area contributed by atoms with Crippen LogP contribution in [0.5, 0.6) is 0 Å². The van der Waals surface area contributed by atoms with Crippen molar-refractivity contribution in [2.24, 2.45) is 4.99 Å². The number of rotatable bonds is 7. The molecule has 0 bridgehead atoms. The largest absolute Gasteiger partial charge is 0.333 e. The van der Waals surface area contributed by atoms with Crippen molar-refractivity contribution in [3.63, 3.8) is 0 Å². The summed E-state index contributed by atoms with van der Waals surface area (Å²) in [5.41, 5.74) is 3.27. The van der Waals surface area contributed by atoms with Gasteiger partial charge in [0.15, 0.2) is 0 Å². The van der Waals surface area contributed by atoms with Crippen LogP contribution in [0.15, 0.2) is 83.9 Å². The zero-order valence-electron chi connectivity index (χ0n) is 23.7. The number of amidine groups is 2. The van der Waals surface area contributed by atoms with Gasteiger partial charge in [0.05, 0.1) is 6.04 Å². The molecule has 0 radical (unpaired) electrons. The quantitative estimate of drug-likeness (QED) is 0.370. The molecule has 1 atom stereocenters. The molecule has 2 fully saturated rings. The number of hydrogen-bond donors (Lipinski definition) is 0. The van der Waals surface area contributed by atoms with E-state index in [4.69, 9.17) is 28.2 Å². The Morgan fingerprint density at radius 1 is 0.810 bits per heavy atom. The van der Waals surface area contributed by atoms with Crippen molar-refractivity contribution in [2.75, 3.05) is 46.8 Å². The van der Waals surface area contributed by atoms with E-state index in [-0.39, 0.29) is 11.9 Å². The Morgan fingerprint density at radius 2 is 1.38 bits per heavy atom. The topological polar surface area (TPSA) is 62.5 Å². The van der Waals surface area contributed by atoms with Crippen molar-refractivity contribution in [2.45, 2.75) is 18.6 Å². The van der Waals surface area contributed by atoms with E-state index in [0.717, 1.165) is 42.5 Å². The van der Waals surface area contributed by atoms with Crippen LogP contribution >= 0.6 is 23.2 Å². The number of imide groups is 1. The SMILES string of the molecule is CN1C(=O)C2C(=NC(CN3CCN(C(c4ccccc4)c4ccccc4)CC3)=[N+]2Cc2c(Cl)cccc2Cl)N(C)C1=O. The van der Waals surface area contributed by atoms with Crippen molar-refractivity contribution in [3.05, 3.63) is 106 Å². The molecule has 0 spiro atoms. The van der Waals surface area contributed by atoms with Gasteiger partial charge in [0.1, 0.15) is 13.1 Å². The number of carbonyl (C=O) groups excluding carboxylic acids is 2. The van der Waals surface area contributed by atoms with Crippen LogP contribution in [0.1, 0.15) is 22.7 Å². The molecule has 3 aromatic carbocycles. The summed E-state index contributed by atoms with van der Waals surface area (Å²) in [6.07, 6.45) is 0. The summed E-state index contributed by atoms with van der Waals surface area (Å²) >= 11 is 13.1. The Hall–Kier alpha value is -3.56. The Bertz CT molecular complexity index is 1490. The minimum atomic E-state index is -0.720. The van der Waals surface area contributed by atoms with Crippen molar-refractivity contribution < 1.29 is 14.2 Å². The van der Waals surface area contributed by atoms with Crippen LogP contribution in [0, 0.1) is 0 Å². The highest BCUT2D eigenvalue weighted by Crippen LogP contribution is 2.31. The normalized spacial score (nSPS) is 20.0. The van der Waals surface area contributed by atoms with Gasteiger partial charge in [0.2, 0.25) is 0 Å². The molecule has 3 amide bonds. The predicted octanol–water partition coefficient (Wildman–Crippen LogP) is 4.62. The summed E-state index contributed by atoms with van der Waals surface area (Å²) < 4.78 is 1.95. The second-order valence-electron chi connectivity index (χ2n) is 10.9. The number of piperazine rings is 1. The van der Waals surface area contributed by atoms with Crippen LogP contribution in [0.4, 0.5) is 4.79 Å². The first kappa shape index (κ1) is 28.6.